The Morgan fingerprint density at radius 3 is 2.79 bits per heavy atom. The minimum Gasteiger partial charge on any atom is -0.392 e. The minimum atomic E-state index is -0.315. The molecule has 4 rings (SSSR count). The van der Waals surface area contributed by atoms with Crippen molar-refractivity contribution in [1.82, 2.24) is 10.3 Å². The molecule has 0 aliphatic heterocycles. The number of rotatable bonds is 4. The Labute approximate surface area is 142 Å². The number of aromatic nitrogens is 1. The Hall–Kier alpha value is -2.10. The lowest BCUT2D eigenvalue weighted by atomic mass is 9.91. The van der Waals surface area contributed by atoms with Crippen molar-refractivity contribution >= 4 is 10.9 Å². The van der Waals surface area contributed by atoms with Crippen LogP contribution in [0.5, 0.6) is 0 Å². The predicted octanol–water partition coefficient (Wildman–Crippen LogP) is 4.18. The van der Waals surface area contributed by atoms with Gasteiger partial charge >= 0.3 is 0 Å². The lowest BCUT2D eigenvalue weighted by Gasteiger charge is -2.24. The molecule has 0 bridgehead atoms. The van der Waals surface area contributed by atoms with Gasteiger partial charge in [-0.05, 0) is 55.0 Å². The van der Waals surface area contributed by atoms with Gasteiger partial charge in [-0.15, -0.1) is 0 Å². The Morgan fingerprint density at radius 2 is 2.00 bits per heavy atom. The van der Waals surface area contributed by atoms with Crippen molar-refractivity contribution in [3.05, 3.63) is 59.8 Å². The number of hydrogen-bond acceptors (Lipinski definition) is 2. The van der Waals surface area contributed by atoms with Crippen molar-refractivity contribution in [2.24, 2.45) is 0 Å². The molecule has 2 aromatic carbocycles. The molecule has 0 radical (unpaired) electrons. The zero-order chi connectivity index (χ0) is 16.5. The molecule has 0 unspecified atom stereocenters. The number of aliphatic hydroxyl groups is 1. The molecule has 1 heterocycles. The van der Waals surface area contributed by atoms with Crippen LogP contribution >= 0.6 is 0 Å². The molecular weight excluding hydrogens is 296 g/mol. The molecule has 24 heavy (non-hydrogen) atoms. The average molecular weight is 320 g/mol. The van der Waals surface area contributed by atoms with E-state index < -0.39 is 0 Å². The number of nitrogens with one attached hydrogen (secondary N) is 2. The van der Waals surface area contributed by atoms with Crippen LogP contribution in [0.2, 0.25) is 0 Å². The van der Waals surface area contributed by atoms with Gasteiger partial charge in [0.2, 0.25) is 0 Å². The van der Waals surface area contributed by atoms with Gasteiger partial charge in [-0.3, -0.25) is 0 Å². The quantitative estimate of drug-likeness (QED) is 0.675. The summed E-state index contributed by atoms with van der Waals surface area (Å²) in [5.41, 5.74) is 6.49. The number of H-pyrrole nitrogens is 1. The van der Waals surface area contributed by atoms with E-state index in [4.69, 9.17) is 0 Å². The first-order valence-electron chi connectivity index (χ1n) is 8.84. The SMILES string of the molecule is C[C@H](O)CN[C@H]1CCCc2c1[nH]c1ccc(-c3ccccc3)cc21. The number of aromatic amines is 1. The maximum atomic E-state index is 9.56. The molecular formula is C21H24N2O. The van der Waals surface area contributed by atoms with Crippen LogP contribution in [0.15, 0.2) is 48.5 Å². The molecule has 0 saturated carbocycles. The molecule has 0 fully saturated rings. The number of benzene rings is 2. The first-order valence-corrected chi connectivity index (χ1v) is 8.84. The normalized spacial score (nSPS) is 18.5. The van der Waals surface area contributed by atoms with Crippen molar-refractivity contribution in [1.29, 1.82) is 0 Å². The zero-order valence-corrected chi connectivity index (χ0v) is 14.0. The summed E-state index contributed by atoms with van der Waals surface area (Å²) in [6, 6.07) is 17.6. The highest BCUT2D eigenvalue weighted by molar-refractivity contribution is 5.89. The Balaban J connectivity index is 1.73. The highest BCUT2D eigenvalue weighted by Crippen LogP contribution is 2.36. The van der Waals surface area contributed by atoms with Crippen LogP contribution in [0.25, 0.3) is 22.0 Å². The maximum absolute atomic E-state index is 9.56. The second-order valence-corrected chi connectivity index (χ2v) is 6.85. The number of hydrogen-bond donors (Lipinski definition) is 3. The van der Waals surface area contributed by atoms with Crippen LogP contribution in [-0.2, 0) is 6.42 Å². The van der Waals surface area contributed by atoms with Gasteiger partial charge in [0.15, 0.2) is 0 Å². The Kier molecular flexibility index (Phi) is 4.13. The molecule has 3 heteroatoms. The fraction of sp³-hybridized carbons (Fsp3) is 0.333. The van der Waals surface area contributed by atoms with Gasteiger partial charge < -0.3 is 15.4 Å². The van der Waals surface area contributed by atoms with Gasteiger partial charge in [0, 0.05) is 29.2 Å². The lowest BCUT2D eigenvalue weighted by molar-refractivity contribution is 0.184. The lowest BCUT2D eigenvalue weighted by Crippen LogP contribution is -2.31. The van der Waals surface area contributed by atoms with Gasteiger partial charge in [0.05, 0.1) is 6.10 Å². The van der Waals surface area contributed by atoms with E-state index in [-0.39, 0.29) is 6.10 Å². The molecule has 124 valence electrons. The summed E-state index contributed by atoms with van der Waals surface area (Å²) in [5, 5.41) is 14.4. The molecule has 1 aliphatic carbocycles. The van der Waals surface area contributed by atoms with Gasteiger partial charge in [-0.1, -0.05) is 36.4 Å². The van der Waals surface area contributed by atoms with E-state index >= 15 is 0 Å². The smallest absolute Gasteiger partial charge is 0.0636 e. The van der Waals surface area contributed by atoms with Crippen LogP contribution in [0, 0.1) is 0 Å². The monoisotopic (exact) mass is 320 g/mol. The predicted molar refractivity (Wildman–Crippen MR) is 99.1 cm³/mol. The Morgan fingerprint density at radius 1 is 1.17 bits per heavy atom. The second-order valence-electron chi connectivity index (χ2n) is 6.85. The first-order chi connectivity index (χ1) is 11.7. The van der Waals surface area contributed by atoms with E-state index in [1.165, 1.54) is 39.7 Å². The van der Waals surface area contributed by atoms with Gasteiger partial charge in [-0.25, -0.2) is 0 Å². The maximum Gasteiger partial charge on any atom is 0.0636 e. The van der Waals surface area contributed by atoms with E-state index in [0.717, 1.165) is 12.8 Å². The van der Waals surface area contributed by atoms with Crippen LogP contribution < -0.4 is 5.32 Å². The topological polar surface area (TPSA) is 48.0 Å². The number of aliphatic hydroxyl groups excluding tert-OH is 1. The number of aryl methyl sites for hydroxylation is 1. The summed E-state index contributed by atoms with van der Waals surface area (Å²) >= 11 is 0. The highest BCUT2D eigenvalue weighted by atomic mass is 16.3. The third-order valence-corrected chi connectivity index (χ3v) is 4.97. The van der Waals surface area contributed by atoms with Crippen molar-refractivity contribution in [3.63, 3.8) is 0 Å². The van der Waals surface area contributed by atoms with Crippen molar-refractivity contribution in [2.45, 2.75) is 38.3 Å². The molecule has 2 atom stereocenters. The molecule has 0 spiro atoms. The molecule has 3 nitrogen and oxygen atoms in total. The van der Waals surface area contributed by atoms with E-state index in [1.807, 2.05) is 6.92 Å². The van der Waals surface area contributed by atoms with Crippen molar-refractivity contribution in [2.75, 3.05) is 6.54 Å². The third-order valence-electron chi connectivity index (χ3n) is 4.97. The van der Waals surface area contributed by atoms with Crippen LogP contribution in [0.4, 0.5) is 0 Å². The van der Waals surface area contributed by atoms with E-state index in [9.17, 15) is 5.11 Å². The molecule has 0 amide bonds. The fourth-order valence-electron chi connectivity index (χ4n) is 3.79. The van der Waals surface area contributed by atoms with Gasteiger partial charge in [0.25, 0.3) is 0 Å². The Bertz CT molecular complexity index is 836. The van der Waals surface area contributed by atoms with E-state index in [2.05, 4.69) is 58.8 Å². The molecule has 1 aromatic heterocycles. The summed E-state index contributed by atoms with van der Waals surface area (Å²) < 4.78 is 0. The molecule has 1 aliphatic rings. The molecule has 0 saturated heterocycles. The highest BCUT2D eigenvalue weighted by Gasteiger charge is 2.24. The zero-order valence-electron chi connectivity index (χ0n) is 14.0. The molecule has 3 N–H and O–H groups in total. The summed E-state index contributed by atoms with van der Waals surface area (Å²) in [6.07, 6.45) is 3.12. The average Bonchev–Trinajstić information content (AvgIpc) is 2.99. The summed E-state index contributed by atoms with van der Waals surface area (Å²) in [7, 11) is 0. The van der Waals surface area contributed by atoms with Crippen LogP contribution in [-0.4, -0.2) is 22.7 Å². The third kappa shape index (κ3) is 2.85. The van der Waals surface area contributed by atoms with E-state index in [1.54, 1.807) is 0 Å². The van der Waals surface area contributed by atoms with Gasteiger partial charge in [0.1, 0.15) is 0 Å². The van der Waals surface area contributed by atoms with E-state index in [0.29, 0.717) is 12.6 Å². The summed E-state index contributed by atoms with van der Waals surface area (Å²) in [4.78, 5) is 3.62. The fourth-order valence-corrected chi connectivity index (χ4v) is 3.79. The standard InChI is InChI=1S/C21H24N2O/c1-14(24)13-22-20-9-5-8-17-18-12-16(15-6-3-2-4-7-15)10-11-19(18)23-21(17)20/h2-4,6-7,10-12,14,20,22-24H,5,8-9,13H2,1H3/t14-,20-/m0/s1. The first kappa shape index (κ1) is 15.4. The number of fused-ring (bicyclic) bond motifs is 3. The molecule has 3 aromatic rings. The summed E-state index contributed by atoms with van der Waals surface area (Å²) in [5.74, 6) is 0. The minimum absolute atomic E-state index is 0.315. The van der Waals surface area contributed by atoms with Crippen molar-refractivity contribution in [3.8, 4) is 11.1 Å². The van der Waals surface area contributed by atoms with Crippen LogP contribution in [0.3, 0.4) is 0 Å². The second kappa shape index (κ2) is 6.42. The largest absolute Gasteiger partial charge is 0.392 e. The van der Waals surface area contributed by atoms with Crippen LogP contribution in [0.1, 0.15) is 37.1 Å². The van der Waals surface area contributed by atoms with Gasteiger partial charge in [-0.2, -0.15) is 0 Å². The summed E-state index contributed by atoms with van der Waals surface area (Å²) in [6.45, 7) is 2.46. The van der Waals surface area contributed by atoms with Crippen molar-refractivity contribution < 1.29 is 5.11 Å².